The number of ketones is 1. The molecule has 0 aliphatic rings. The molecule has 3 heteroatoms. The van der Waals surface area contributed by atoms with E-state index < -0.39 is 0 Å². The highest BCUT2D eigenvalue weighted by molar-refractivity contribution is 7.12. The van der Waals surface area contributed by atoms with Gasteiger partial charge in [0, 0.05) is 6.42 Å². The first-order valence-electron chi connectivity index (χ1n) is 5.90. The average molecular weight is 242 g/mol. The van der Waals surface area contributed by atoms with Crippen molar-refractivity contribution in [2.24, 2.45) is 5.92 Å². The summed E-state index contributed by atoms with van der Waals surface area (Å²) in [4.78, 5) is 12.7. The number of carbonyl (C=O) groups is 1. The van der Waals surface area contributed by atoms with Crippen LogP contribution >= 0.6 is 11.3 Å². The summed E-state index contributed by atoms with van der Waals surface area (Å²) in [5, 5.41) is 1.93. The van der Waals surface area contributed by atoms with Crippen LogP contribution in [0.15, 0.2) is 17.5 Å². The Morgan fingerprint density at radius 3 is 2.88 bits per heavy atom. The number of halogens is 1. The topological polar surface area (TPSA) is 17.1 Å². The third-order valence-electron chi connectivity index (χ3n) is 2.84. The Kier molecular flexibility index (Phi) is 6.31. The van der Waals surface area contributed by atoms with Crippen molar-refractivity contribution in [1.29, 1.82) is 0 Å². The molecule has 0 spiro atoms. The maximum absolute atomic E-state index is 12.0. The molecular formula is C13H19FOS. The summed E-state index contributed by atoms with van der Waals surface area (Å²) in [5.74, 6) is 0.656. The fraction of sp³-hybridized carbons (Fsp3) is 0.615. The van der Waals surface area contributed by atoms with Crippen LogP contribution in [0.2, 0.25) is 0 Å². The van der Waals surface area contributed by atoms with Crippen LogP contribution in [-0.4, -0.2) is 12.5 Å². The molecule has 1 aromatic heterocycles. The van der Waals surface area contributed by atoms with Crippen molar-refractivity contribution in [2.45, 2.75) is 39.0 Å². The normalized spacial score (nSPS) is 12.6. The molecule has 0 saturated heterocycles. The van der Waals surface area contributed by atoms with E-state index in [0.717, 1.165) is 24.1 Å². The zero-order chi connectivity index (χ0) is 11.8. The highest BCUT2D eigenvalue weighted by Gasteiger charge is 2.14. The molecule has 0 radical (unpaired) electrons. The van der Waals surface area contributed by atoms with E-state index in [0.29, 0.717) is 18.8 Å². The van der Waals surface area contributed by atoms with E-state index in [2.05, 4.69) is 6.92 Å². The predicted octanol–water partition coefficient (Wildman–Crippen LogP) is 4.49. The zero-order valence-corrected chi connectivity index (χ0v) is 10.6. The van der Waals surface area contributed by atoms with Crippen LogP contribution in [0, 0.1) is 5.92 Å². The molecular weight excluding hydrogens is 223 g/mol. The van der Waals surface area contributed by atoms with E-state index in [1.165, 1.54) is 11.3 Å². The molecule has 1 nitrogen and oxygen atoms in total. The van der Waals surface area contributed by atoms with Crippen molar-refractivity contribution >= 4 is 17.1 Å². The predicted molar refractivity (Wildman–Crippen MR) is 66.9 cm³/mol. The molecule has 1 rings (SSSR count). The molecule has 0 saturated carbocycles. The molecule has 90 valence electrons. The third-order valence-corrected chi connectivity index (χ3v) is 3.75. The van der Waals surface area contributed by atoms with Crippen molar-refractivity contribution in [3.63, 3.8) is 0 Å². The van der Waals surface area contributed by atoms with Crippen molar-refractivity contribution < 1.29 is 9.18 Å². The molecule has 0 aromatic carbocycles. The Labute approximate surface area is 101 Å². The minimum atomic E-state index is -0.241. The molecule has 1 aromatic rings. The molecule has 1 atom stereocenters. The summed E-state index contributed by atoms with van der Waals surface area (Å²) in [6, 6.07) is 3.78. The number of carbonyl (C=O) groups excluding carboxylic acids is 1. The van der Waals surface area contributed by atoms with Crippen molar-refractivity contribution in [3.05, 3.63) is 22.4 Å². The van der Waals surface area contributed by atoms with E-state index in [9.17, 15) is 9.18 Å². The Balaban J connectivity index is 2.35. The second-order valence-corrected chi connectivity index (χ2v) is 5.01. The molecule has 0 fully saturated rings. The lowest BCUT2D eigenvalue weighted by molar-refractivity contribution is 0.0961. The van der Waals surface area contributed by atoms with Gasteiger partial charge in [0.25, 0.3) is 0 Å². The van der Waals surface area contributed by atoms with Gasteiger partial charge in [-0.25, -0.2) is 0 Å². The maximum Gasteiger partial charge on any atom is 0.173 e. The van der Waals surface area contributed by atoms with E-state index in [1.807, 2.05) is 17.5 Å². The van der Waals surface area contributed by atoms with E-state index >= 15 is 0 Å². The standard InChI is InChI=1S/C13H19FOS/c1-2-11(6-3-4-8-14)10-12(15)13-7-5-9-16-13/h5,7,9,11H,2-4,6,8,10H2,1H3. The number of unbranched alkanes of at least 4 members (excludes halogenated alkanes) is 1. The summed E-state index contributed by atoms with van der Waals surface area (Å²) < 4.78 is 12.0. The van der Waals surface area contributed by atoms with Gasteiger partial charge in [-0.3, -0.25) is 9.18 Å². The molecule has 0 bridgehead atoms. The van der Waals surface area contributed by atoms with Gasteiger partial charge in [0.1, 0.15) is 0 Å². The lowest BCUT2D eigenvalue weighted by Gasteiger charge is -2.12. The van der Waals surface area contributed by atoms with Crippen LogP contribution in [0.4, 0.5) is 4.39 Å². The van der Waals surface area contributed by atoms with Crippen LogP contribution in [0.5, 0.6) is 0 Å². The summed E-state index contributed by atoms with van der Waals surface area (Å²) in [7, 11) is 0. The van der Waals surface area contributed by atoms with Gasteiger partial charge in [-0.05, 0) is 30.2 Å². The first kappa shape index (κ1) is 13.4. The smallest absolute Gasteiger partial charge is 0.173 e. The Morgan fingerprint density at radius 2 is 2.31 bits per heavy atom. The zero-order valence-electron chi connectivity index (χ0n) is 9.75. The minimum absolute atomic E-state index is 0.238. The molecule has 0 amide bonds. The van der Waals surface area contributed by atoms with Gasteiger partial charge in [-0.1, -0.05) is 25.8 Å². The number of alkyl halides is 1. The molecule has 16 heavy (non-hydrogen) atoms. The Bertz CT molecular complexity index is 295. The van der Waals surface area contributed by atoms with Crippen LogP contribution in [0.3, 0.4) is 0 Å². The second-order valence-electron chi connectivity index (χ2n) is 4.06. The van der Waals surface area contributed by atoms with Gasteiger partial charge in [0.2, 0.25) is 0 Å². The lowest BCUT2D eigenvalue weighted by Crippen LogP contribution is -2.07. The summed E-state index contributed by atoms with van der Waals surface area (Å²) in [6.07, 6.45) is 4.11. The van der Waals surface area contributed by atoms with Gasteiger partial charge in [-0.15, -0.1) is 11.3 Å². The van der Waals surface area contributed by atoms with E-state index in [1.54, 1.807) is 0 Å². The number of thiophene rings is 1. The number of hydrogen-bond donors (Lipinski definition) is 0. The highest BCUT2D eigenvalue weighted by atomic mass is 32.1. The first-order valence-corrected chi connectivity index (χ1v) is 6.78. The van der Waals surface area contributed by atoms with Gasteiger partial charge in [-0.2, -0.15) is 0 Å². The Morgan fingerprint density at radius 1 is 1.50 bits per heavy atom. The van der Waals surface area contributed by atoms with Crippen molar-refractivity contribution in [3.8, 4) is 0 Å². The van der Waals surface area contributed by atoms with E-state index in [4.69, 9.17) is 0 Å². The average Bonchev–Trinajstić information content (AvgIpc) is 2.81. The van der Waals surface area contributed by atoms with Gasteiger partial charge in [0.05, 0.1) is 11.6 Å². The number of hydrogen-bond acceptors (Lipinski definition) is 2. The summed E-state index contributed by atoms with van der Waals surface area (Å²) in [6.45, 7) is 1.86. The van der Waals surface area contributed by atoms with Gasteiger partial charge >= 0.3 is 0 Å². The number of Topliss-reactive ketones (excluding diaryl/α,β-unsaturated/α-hetero) is 1. The van der Waals surface area contributed by atoms with Gasteiger partial charge < -0.3 is 0 Å². The second kappa shape index (κ2) is 7.55. The molecule has 0 aliphatic heterocycles. The quantitative estimate of drug-likeness (QED) is 0.485. The highest BCUT2D eigenvalue weighted by Crippen LogP contribution is 2.21. The Hall–Kier alpha value is -0.700. The summed E-state index contributed by atoms with van der Waals surface area (Å²) in [5.41, 5.74) is 0. The minimum Gasteiger partial charge on any atom is -0.293 e. The van der Waals surface area contributed by atoms with Crippen LogP contribution in [0.25, 0.3) is 0 Å². The van der Waals surface area contributed by atoms with Crippen molar-refractivity contribution in [1.82, 2.24) is 0 Å². The SMILES string of the molecule is CCC(CCCCF)CC(=O)c1cccs1. The van der Waals surface area contributed by atoms with Crippen LogP contribution < -0.4 is 0 Å². The third kappa shape index (κ3) is 4.44. The molecule has 0 aliphatic carbocycles. The van der Waals surface area contributed by atoms with E-state index in [-0.39, 0.29) is 12.5 Å². The van der Waals surface area contributed by atoms with Crippen LogP contribution in [0.1, 0.15) is 48.7 Å². The first-order chi connectivity index (χ1) is 7.77. The molecule has 0 N–H and O–H groups in total. The summed E-state index contributed by atoms with van der Waals surface area (Å²) >= 11 is 1.50. The van der Waals surface area contributed by atoms with Gasteiger partial charge in [0.15, 0.2) is 5.78 Å². The molecule has 1 unspecified atom stereocenters. The fourth-order valence-corrected chi connectivity index (χ4v) is 2.45. The largest absolute Gasteiger partial charge is 0.293 e. The fourth-order valence-electron chi connectivity index (χ4n) is 1.78. The monoisotopic (exact) mass is 242 g/mol. The molecule has 1 heterocycles. The lowest BCUT2D eigenvalue weighted by atomic mass is 9.93. The maximum atomic E-state index is 12.0. The number of rotatable bonds is 8. The van der Waals surface area contributed by atoms with Crippen molar-refractivity contribution in [2.75, 3.05) is 6.67 Å². The van der Waals surface area contributed by atoms with Crippen LogP contribution in [-0.2, 0) is 0 Å².